The first-order valence-corrected chi connectivity index (χ1v) is 7.55. The second kappa shape index (κ2) is 8.60. The normalized spacial score (nSPS) is 11.7. The predicted octanol–water partition coefficient (Wildman–Crippen LogP) is 3.70. The highest BCUT2D eigenvalue weighted by Crippen LogP contribution is 2.35. The van der Waals surface area contributed by atoms with Crippen molar-refractivity contribution < 1.29 is 22.6 Å². The van der Waals surface area contributed by atoms with Gasteiger partial charge in [0.15, 0.2) is 0 Å². The molecule has 1 aromatic carbocycles. The number of nitrogens with zero attached hydrogens (tertiary/aromatic N) is 1. The molecule has 0 N–H and O–H groups in total. The molecule has 0 saturated carbocycles. The fourth-order valence-electron chi connectivity index (χ4n) is 1.91. The van der Waals surface area contributed by atoms with Gasteiger partial charge in [0.25, 0.3) is 0 Å². The van der Waals surface area contributed by atoms with Crippen molar-refractivity contribution in [2.24, 2.45) is 0 Å². The van der Waals surface area contributed by atoms with Crippen LogP contribution in [-0.2, 0) is 21.0 Å². The summed E-state index contributed by atoms with van der Waals surface area (Å²) in [6, 6.07) is 4.37. The third-order valence-electron chi connectivity index (χ3n) is 3.04. The lowest BCUT2D eigenvalue weighted by Crippen LogP contribution is -2.31. The maximum absolute atomic E-state index is 13.1. The van der Waals surface area contributed by atoms with Gasteiger partial charge in [-0.1, -0.05) is 22.0 Å². The monoisotopic (exact) mass is 369 g/mol. The van der Waals surface area contributed by atoms with Gasteiger partial charge in [0.05, 0.1) is 18.8 Å². The van der Waals surface area contributed by atoms with Crippen LogP contribution in [-0.4, -0.2) is 40.5 Å². The minimum Gasteiger partial charge on any atom is -0.383 e. The Balaban J connectivity index is 3.07. The highest BCUT2D eigenvalue weighted by atomic mass is 79.9. The lowest BCUT2D eigenvalue weighted by Gasteiger charge is -2.25. The molecule has 21 heavy (non-hydrogen) atoms. The van der Waals surface area contributed by atoms with Crippen molar-refractivity contribution in [3.63, 3.8) is 0 Å². The van der Waals surface area contributed by atoms with Gasteiger partial charge in [-0.15, -0.1) is 0 Å². The van der Waals surface area contributed by atoms with E-state index < -0.39 is 11.7 Å². The van der Waals surface area contributed by atoms with Crippen molar-refractivity contribution >= 4 is 21.6 Å². The standard InChI is InChI=1S/C14H19BrF3NO2/c1-20-7-5-19(6-8-21-2)12-4-3-11(10-15)13(9-12)14(16,17)18/h3-4,9H,5-8,10H2,1-2H3. The number of hydrogen-bond acceptors (Lipinski definition) is 3. The molecule has 0 amide bonds. The van der Waals surface area contributed by atoms with Crippen molar-refractivity contribution in [1.29, 1.82) is 0 Å². The molecule has 0 unspecified atom stereocenters. The molecule has 0 aromatic heterocycles. The van der Waals surface area contributed by atoms with Crippen LogP contribution in [0.25, 0.3) is 0 Å². The van der Waals surface area contributed by atoms with Crippen molar-refractivity contribution in [2.75, 3.05) is 45.4 Å². The molecule has 0 heterocycles. The van der Waals surface area contributed by atoms with Gasteiger partial charge >= 0.3 is 6.18 Å². The van der Waals surface area contributed by atoms with Gasteiger partial charge in [-0.2, -0.15) is 13.2 Å². The van der Waals surface area contributed by atoms with E-state index in [1.165, 1.54) is 12.1 Å². The van der Waals surface area contributed by atoms with E-state index in [-0.39, 0.29) is 10.9 Å². The van der Waals surface area contributed by atoms with Gasteiger partial charge in [0.1, 0.15) is 0 Å². The van der Waals surface area contributed by atoms with Crippen molar-refractivity contribution in [2.45, 2.75) is 11.5 Å². The highest BCUT2D eigenvalue weighted by Gasteiger charge is 2.33. The van der Waals surface area contributed by atoms with E-state index in [0.29, 0.717) is 32.0 Å². The fourth-order valence-corrected chi connectivity index (χ4v) is 2.40. The van der Waals surface area contributed by atoms with Crippen LogP contribution in [0.4, 0.5) is 18.9 Å². The topological polar surface area (TPSA) is 21.7 Å². The van der Waals surface area contributed by atoms with Crippen molar-refractivity contribution in [3.05, 3.63) is 29.3 Å². The highest BCUT2D eigenvalue weighted by molar-refractivity contribution is 9.08. The summed E-state index contributed by atoms with van der Waals surface area (Å²) in [5, 5.41) is 0.165. The van der Waals surface area contributed by atoms with E-state index >= 15 is 0 Å². The minimum atomic E-state index is -4.37. The largest absolute Gasteiger partial charge is 0.416 e. The SMILES string of the molecule is COCCN(CCOC)c1ccc(CBr)c(C(F)(F)F)c1. The van der Waals surface area contributed by atoms with Crippen LogP contribution in [0.1, 0.15) is 11.1 Å². The summed E-state index contributed by atoms with van der Waals surface area (Å²) in [6.07, 6.45) is -4.37. The van der Waals surface area contributed by atoms with Gasteiger partial charge in [0, 0.05) is 38.3 Å². The van der Waals surface area contributed by atoms with E-state index in [1.807, 2.05) is 4.90 Å². The Labute approximate surface area is 131 Å². The molecule has 0 bridgehead atoms. The van der Waals surface area contributed by atoms with E-state index in [1.54, 1.807) is 20.3 Å². The van der Waals surface area contributed by atoms with Crippen LogP contribution >= 0.6 is 15.9 Å². The first kappa shape index (κ1) is 18.3. The number of benzene rings is 1. The summed E-state index contributed by atoms with van der Waals surface area (Å²) in [5.41, 5.74) is 0.127. The van der Waals surface area contributed by atoms with E-state index in [9.17, 15) is 13.2 Å². The van der Waals surface area contributed by atoms with Gasteiger partial charge in [-0.05, 0) is 17.7 Å². The quantitative estimate of drug-likeness (QED) is 0.652. The summed E-state index contributed by atoms with van der Waals surface area (Å²) >= 11 is 3.09. The molecule has 0 spiro atoms. The minimum absolute atomic E-state index is 0.165. The lowest BCUT2D eigenvalue weighted by atomic mass is 10.1. The Morgan fingerprint density at radius 1 is 1.10 bits per heavy atom. The number of hydrogen-bond donors (Lipinski definition) is 0. The second-order valence-corrected chi connectivity index (χ2v) is 5.01. The molecule has 120 valence electrons. The summed E-state index contributed by atoms with van der Waals surface area (Å²) < 4.78 is 49.3. The Hall–Kier alpha value is -0.790. The van der Waals surface area contributed by atoms with Crippen molar-refractivity contribution in [1.82, 2.24) is 0 Å². The Kier molecular flexibility index (Phi) is 7.48. The smallest absolute Gasteiger partial charge is 0.383 e. The molecule has 0 atom stereocenters. The Bertz CT molecular complexity index is 433. The fraction of sp³-hybridized carbons (Fsp3) is 0.571. The molecule has 1 rings (SSSR count). The van der Waals surface area contributed by atoms with Crippen LogP contribution < -0.4 is 4.90 Å². The zero-order chi connectivity index (χ0) is 15.9. The maximum atomic E-state index is 13.1. The number of anilines is 1. The number of ether oxygens (including phenoxy) is 2. The van der Waals surface area contributed by atoms with Crippen LogP contribution in [0.5, 0.6) is 0 Å². The van der Waals surface area contributed by atoms with Crippen LogP contribution in [0.15, 0.2) is 18.2 Å². The van der Waals surface area contributed by atoms with E-state index in [2.05, 4.69) is 15.9 Å². The number of methoxy groups -OCH3 is 2. The van der Waals surface area contributed by atoms with Crippen molar-refractivity contribution in [3.8, 4) is 0 Å². The average molecular weight is 370 g/mol. The third kappa shape index (κ3) is 5.48. The summed E-state index contributed by atoms with van der Waals surface area (Å²) in [7, 11) is 3.12. The molecule has 1 aromatic rings. The molecular formula is C14H19BrF3NO2. The number of rotatable bonds is 8. The molecule has 0 aliphatic carbocycles. The van der Waals surface area contributed by atoms with Crippen LogP contribution in [0, 0.1) is 0 Å². The molecular weight excluding hydrogens is 351 g/mol. The van der Waals surface area contributed by atoms with Gasteiger partial charge in [0.2, 0.25) is 0 Å². The number of alkyl halides is 4. The van der Waals surface area contributed by atoms with Gasteiger partial charge < -0.3 is 14.4 Å². The zero-order valence-electron chi connectivity index (χ0n) is 12.0. The molecule has 7 heteroatoms. The zero-order valence-corrected chi connectivity index (χ0v) is 13.6. The first-order valence-electron chi connectivity index (χ1n) is 6.43. The summed E-state index contributed by atoms with van der Waals surface area (Å²) in [6.45, 7) is 1.88. The third-order valence-corrected chi connectivity index (χ3v) is 3.64. The second-order valence-electron chi connectivity index (χ2n) is 4.45. The summed E-state index contributed by atoms with van der Waals surface area (Å²) in [4.78, 5) is 1.82. The Morgan fingerprint density at radius 3 is 2.10 bits per heavy atom. The average Bonchev–Trinajstić information content (AvgIpc) is 2.46. The number of halogens is 4. The molecule has 0 saturated heterocycles. The molecule has 0 aliphatic rings. The lowest BCUT2D eigenvalue weighted by molar-refractivity contribution is -0.138. The van der Waals surface area contributed by atoms with Crippen LogP contribution in [0.3, 0.4) is 0 Å². The molecule has 0 aliphatic heterocycles. The van der Waals surface area contributed by atoms with E-state index in [0.717, 1.165) is 0 Å². The summed E-state index contributed by atoms with van der Waals surface area (Å²) in [5.74, 6) is 0. The van der Waals surface area contributed by atoms with Gasteiger partial charge in [-0.25, -0.2) is 0 Å². The van der Waals surface area contributed by atoms with E-state index in [4.69, 9.17) is 9.47 Å². The predicted molar refractivity (Wildman–Crippen MR) is 80.0 cm³/mol. The van der Waals surface area contributed by atoms with Crippen LogP contribution in [0.2, 0.25) is 0 Å². The maximum Gasteiger partial charge on any atom is 0.416 e. The van der Waals surface area contributed by atoms with Gasteiger partial charge in [-0.3, -0.25) is 0 Å². The molecule has 3 nitrogen and oxygen atoms in total. The molecule has 0 fully saturated rings. The Morgan fingerprint density at radius 2 is 1.67 bits per heavy atom. The first-order chi connectivity index (χ1) is 9.93. The molecule has 0 radical (unpaired) electrons.